The molecule has 3 N–H and O–H groups in total. The minimum Gasteiger partial charge on any atom is -0.392 e. The number of hydrogen-bond acceptors (Lipinski definition) is 7. The van der Waals surface area contributed by atoms with Gasteiger partial charge in [-0.2, -0.15) is 0 Å². The van der Waals surface area contributed by atoms with Crippen LogP contribution in [0.1, 0.15) is 18.2 Å². The Labute approximate surface area is 143 Å². The molecule has 3 heterocycles. The molecule has 0 amide bonds. The number of nitrogens with zero attached hydrogens (tertiary/aromatic N) is 3. The highest BCUT2D eigenvalue weighted by atomic mass is 32.2. The number of aromatic nitrogens is 4. The first kappa shape index (κ1) is 16.7. The first-order valence-corrected chi connectivity index (χ1v) is 8.41. The van der Waals surface area contributed by atoms with Crippen molar-refractivity contribution >= 4 is 28.6 Å². The van der Waals surface area contributed by atoms with Crippen LogP contribution in [0.2, 0.25) is 0 Å². The molecule has 3 aromatic heterocycles. The average Bonchev–Trinajstić information content (AvgIpc) is 2.98. The Morgan fingerprint density at radius 1 is 1.38 bits per heavy atom. The standard InChI is InChI=1S/C16H19N5O2S/c1-3-12-11(8-22)13-14(18-9-23-2)20-16(21-15(13)19-12)24-10-5-4-6-17-7-10/h4-7,22H,3,8-9H2,1-2H3,(H2,18,19,20,21). The van der Waals surface area contributed by atoms with Gasteiger partial charge in [-0.3, -0.25) is 4.98 Å². The van der Waals surface area contributed by atoms with Gasteiger partial charge in [-0.1, -0.05) is 6.92 Å². The number of fused-ring (bicyclic) bond motifs is 1. The molecule has 0 fully saturated rings. The van der Waals surface area contributed by atoms with Crippen LogP contribution in [-0.4, -0.2) is 38.9 Å². The molecule has 0 radical (unpaired) electrons. The van der Waals surface area contributed by atoms with E-state index < -0.39 is 0 Å². The summed E-state index contributed by atoms with van der Waals surface area (Å²) in [6, 6.07) is 3.83. The molecule has 0 unspecified atom stereocenters. The van der Waals surface area contributed by atoms with Crippen molar-refractivity contribution < 1.29 is 9.84 Å². The maximum Gasteiger partial charge on any atom is 0.196 e. The third-order valence-corrected chi connectivity index (χ3v) is 4.41. The second-order valence-electron chi connectivity index (χ2n) is 5.07. The molecule has 0 aliphatic rings. The number of ether oxygens (including phenoxy) is 1. The van der Waals surface area contributed by atoms with E-state index in [1.165, 1.54) is 11.8 Å². The highest BCUT2D eigenvalue weighted by Gasteiger charge is 2.17. The van der Waals surface area contributed by atoms with Crippen LogP contribution in [0.25, 0.3) is 11.0 Å². The molecular formula is C16H19N5O2S. The zero-order valence-corrected chi connectivity index (χ0v) is 14.4. The summed E-state index contributed by atoms with van der Waals surface area (Å²) >= 11 is 1.43. The average molecular weight is 345 g/mol. The van der Waals surface area contributed by atoms with Gasteiger partial charge in [0.15, 0.2) is 5.16 Å². The molecule has 7 nitrogen and oxygen atoms in total. The van der Waals surface area contributed by atoms with Crippen LogP contribution < -0.4 is 5.32 Å². The first-order chi connectivity index (χ1) is 11.8. The number of rotatable bonds is 7. The summed E-state index contributed by atoms with van der Waals surface area (Å²) in [5, 5.41) is 14.3. The SMILES string of the molecule is CCc1[nH]c2nc(Sc3cccnc3)nc(NCOC)c2c1CO. The van der Waals surface area contributed by atoms with Gasteiger partial charge in [-0.05, 0) is 30.3 Å². The zero-order chi connectivity index (χ0) is 16.9. The number of nitrogens with one attached hydrogen (secondary N) is 2. The van der Waals surface area contributed by atoms with Crippen molar-refractivity contribution in [2.45, 2.75) is 30.0 Å². The lowest BCUT2D eigenvalue weighted by Crippen LogP contribution is -2.07. The second kappa shape index (κ2) is 7.61. The molecule has 0 aliphatic heterocycles. The Morgan fingerprint density at radius 2 is 2.25 bits per heavy atom. The summed E-state index contributed by atoms with van der Waals surface area (Å²) in [5.41, 5.74) is 2.49. The molecule has 8 heteroatoms. The fourth-order valence-corrected chi connectivity index (χ4v) is 3.23. The molecular weight excluding hydrogens is 326 g/mol. The van der Waals surface area contributed by atoms with E-state index in [0.717, 1.165) is 28.0 Å². The predicted molar refractivity (Wildman–Crippen MR) is 93.0 cm³/mol. The molecule has 0 bridgehead atoms. The summed E-state index contributed by atoms with van der Waals surface area (Å²) in [6.45, 7) is 2.29. The highest BCUT2D eigenvalue weighted by Crippen LogP contribution is 2.32. The van der Waals surface area contributed by atoms with E-state index in [2.05, 4.69) is 25.3 Å². The molecule has 126 valence electrons. The van der Waals surface area contributed by atoms with Crippen molar-refractivity contribution in [1.29, 1.82) is 0 Å². The summed E-state index contributed by atoms with van der Waals surface area (Å²) in [5.74, 6) is 0.647. The number of H-pyrrole nitrogens is 1. The van der Waals surface area contributed by atoms with E-state index in [1.54, 1.807) is 19.5 Å². The van der Waals surface area contributed by atoms with Crippen LogP contribution in [0.3, 0.4) is 0 Å². The van der Waals surface area contributed by atoms with E-state index in [0.29, 0.717) is 23.4 Å². The quantitative estimate of drug-likeness (QED) is 0.447. The Balaban J connectivity index is 2.08. The van der Waals surface area contributed by atoms with E-state index in [-0.39, 0.29) is 6.61 Å². The number of aliphatic hydroxyl groups is 1. The third kappa shape index (κ3) is 3.35. The topological polar surface area (TPSA) is 96.0 Å². The van der Waals surface area contributed by atoms with Crippen molar-refractivity contribution in [3.8, 4) is 0 Å². The van der Waals surface area contributed by atoms with Crippen LogP contribution in [0.4, 0.5) is 5.82 Å². The van der Waals surface area contributed by atoms with E-state index in [4.69, 9.17) is 4.74 Å². The minimum atomic E-state index is -0.0662. The highest BCUT2D eigenvalue weighted by molar-refractivity contribution is 7.99. The van der Waals surface area contributed by atoms with Gasteiger partial charge in [-0.15, -0.1) is 0 Å². The summed E-state index contributed by atoms with van der Waals surface area (Å²) in [6.07, 6.45) is 4.28. The van der Waals surface area contributed by atoms with Crippen molar-refractivity contribution in [2.24, 2.45) is 0 Å². The van der Waals surface area contributed by atoms with Gasteiger partial charge in [0.05, 0.1) is 12.0 Å². The van der Waals surface area contributed by atoms with Gasteiger partial charge in [-0.25, -0.2) is 9.97 Å². The van der Waals surface area contributed by atoms with Gasteiger partial charge in [0, 0.05) is 35.7 Å². The number of hydrogen-bond donors (Lipinski definition) is 3. The van der Waals surface area contributed by atoms with Crippen molar-refractivity contribution in [1.82, 2.24) is 19.9 Å². The smallest absolute Gasteiger partial charge is 0.196 e. The van der Waals surface area contributed by atoms with Crippen molar-refractivity contribution in [2.75, 3.05) is 19.2 Å². The Kier molecular flexibility index (Phi) is 5.29. The van der Waals surface area contributed by atoms with Crippen LogP contribution in [0.15, 0.2) is 34.6 Å². The predicted octanol–water partition coefficient (Wildman–Crippen LogP) is 2.57. The molecule has 0 atom stereocenters. The van der Waals surface area contributed by atoms with E-state index in [1.807, 2.05) is 19.1 Å². The lowest BCUT2D eigenvalue weighted by Gasteiger charge is -2.09. The molecule has 0 aromatic carbocycles. The molecule has 3 rings (SSSR count). The monoisotopic (exact) mass is 345 g/mol. The van der Waals surface area contributed by atoms with Crippen molar-refractivity contribution in [3.63, 3.8) is 0 Å². The number of aryl methyl sites for hydroxylation is 1. The second-order valence-corrected chi connectivity index (χ2v) is 6.11. The van der Waals surface area contributed by atoms with Gasteiger partial charge >= 0.3 is 0 Å². The van der Waals surface area contributed by atoms with Gasteiger partial charge in [0.1, 0.15) is 18.2 Å². The Bertz CT molecular complexity index is 822. The lowest BCUT2D eigenvalue weighted by molar-refractivity contribution is 0.221. The molecule has 3 aromatic rings. The number of methoxy groups -OCH3 is 1. The minimum absolute atomic E-state index is 0.0662. The van der Waals surface area contributed by atoms with Gasteiger partial charge < -0.3 is 20.1 Å². The van der Waals surface area contributed by atoms with Crippen LogP contribution in [-0.2, 0) is 17.8 Å². The molecule has 0 spiro atoms. The summed E-state index contributed by atoms with van der Waals surface area (Å²) in [4.78, 5) is 17.5. The molecule has 24 heavy (non-hydrogen) atoms. The zero-order valence-electron chi connectivity index (χ0n) is 13.5. The fourth-order valence-electron chi connectivity index (χ4n) is 2.49. The molecule has 0 aliphatic carbocycles. The fraction of sp³-hybridized carbons (Fsp3) is 0.312. The number of anilines is 1. The largest absolute Gasteiger partial charge is 0.392 e. The Hall–Kier alpha value is -2.16. The number of aliphatic hydroxyl groups excluding tert-OH is 1. The Morgan fingerprint density at radius 3 is 2.92 bits per heavy atom. The van der Waals surface area contributed by atoms with Gasteiger partial charge in [0.25, 0.3) is 0 Å². The molecule has 0 saturated carbocycles. The summed E-state index contributed by atoms with van der Waals surface area (Å²) in [7, 11) is 1.61. The summed E-state index contributed by atoms with van der Waals surface area (Å²) < 4.78 is 5.10. The van der Waals surface area contributed by atoms with Crippen LogP contribution >= 0.6 is 11.8 Å². The normalized spacial score (nSPS) is 11.1. The van der Waals surface area contributed by atoms with Crippen LogP contribution in [0, 0.1) is 0 Å². The van der Waals surface area contributed by atoms with E-state index in [9.17, 15) is 5.11 Å². The number of pyridine rings is 1. The number of aromatic amines is 1. The molecule has 0 saturated heterocycles. The van der Waals surface area contributed by atoms with Crippen molar-refractivity contribution in [3.05, 3.63) is 35.8 Å². The van der Waals surface area contributed by atoms with Crippen LogP contribution in [0.5, 0.6) is 0 Å². The maximum absolute atomic E-state index is 9.74. The lowest BCUT2D eigenvalue weighted by atomic mass is 10.1. The maximum atomic E-state index is 9.74. The van der Waals surface area contributed by atoms with E-state index >= 15 is 0 Å². The first-order valence-electron chi connectivity index (χ1n) is 7.59. The van der Waals surface area contributed by atoms with Gasteiger partial charge in [0.2, 0.25) is 0 Å². The third-order valence-electron chi connectivity index (χ3n) is 3.56.